The predicted octanol–water partition coefficient (Wildman–Crippen LogP) is 2.84. The minimum Gasteiger partial charge on any atom is -0.515 e. The molecule has 0 rings (SSSR count). The van der Waals surface area contributed by atoms with Gasteiger partial charge >= 0.3 is 7.60 Å². The molecule has 0 saturated carbocycles. The highest BCUT2D eigenvalue weighted by atomic mass is 31.2. The van der Waals surface area contributed by atoms with Gasteiger partial charge in [0.15, 0.2) is 0 Å². The maximum absolute atomic E-state index is 11.8. The van der Waals surface area contributed by atoms with E-state index in [1.807, 2.05) is 0 Å². The van der Waals surface area contributed by atoms with Crippen LogP contribution in [0, 0.1) is 0 Å². The Balaban J connectivity index is 4.76. The molecule has 76 valence electrons. The molecular formula is C8H15O4P. The fourth-order valence-electron chi connectivity index (χ4n) is 0.761. The van der Waals surface area contributed by atoms with E-state index in [4.69, 9.17) is 14.2 Å². The smallest absolute Gasteiger partial charge is 0.364 e. The summed E-state index contributed by atoms with van der Waals surface area (Å²) in [4.78, 5) is 0. The quantitative estimate of drug-likeness (QED) is 0.412. The van der Waals surface area contributed by atoms with Gasteiger partial charge < -0.3 is 14.2 Å². The Morgan fingerprint density at radius 1 is 1.46 bits per heavy atom. The molecule has 0 aliphatic heterocycles. The van der Waals surface area contributed by atoms with E-state index >= 15 is 0 Å². The van der Waals surface area contributed by atoms with Crippen LogP contribution in [-0.4, -0.2) is 18.3 Å². The summed E-state index contributed by atoms with van der Waals surface area (Å²) in [5.41, 5.74) is 0. The third kappa shape index (κ3) is 3.35. The van der Waals surface area contributed by atoms with E-state index in [0.717, 1.165) is 0 Å². The minimum atomic E-state index is -3.34. The second-order valence-corrected chi connectivity index (χ2v) is 4.12. The molecule has 0 fully saturated rings. The average Bonchev–Trinajstić information content (AvgIpc) is 2.07. The van der Waals surface area contributed by atoms with E-state index < -0.39 is 7.60 Å². The molecule has 0 unspecified atom stereocenters. The normalized spacial score (nSPS) is 12.9. The number of rotatable bonds is 6. The van der Waals surface area contributed by atoms with Crippen LogP contribution in [-0.2, 0) is 13.6 Å². The van der Waals surface area contributed by atoms with Gasteiger partial charge in [-0.1, -0.05) is 12.7 Å². The highest BCUT2D eigenvalue weighted by molar-refractivity contribution is 7.58. The van der Waals surface area contributed by atoms with Gasteiger partial charge in [-0.15, -0.1) is 0 Å². The van der Waals surface area contributed by atoms with Crippen LogP contribution in [0.1, 0.15) is 13.8 Å². The molecule has 0 aromatic heterocycles. The Morgan fingerprint density at radius 3 is 2.15 bits per heavy atom. The first-order valence-corrected chi connectivity index (χ1v) is 5.55. The number of aliphatic hydroxyl groups excluding tert-OH is 1. The van der Waals surface area contributed by atoms with Crippen LogP contribution in [0.25, 0.3) is 0 Å². The van der Waals surface area contributed by atoms with E-state index in [0.29, 0.717) is 6.26 Å². The van der Waals surface area contributed by atoms with Crippen LogP contribution in [0.3, 0.4) is 0 Å². The fourth-order valence-corrected chi connectivity index (χ4v) is 2.18. The molecule has 0 radical (unpaired) electrons. The van der Waals surface area contributed by atoms with Crippen molar-refractivity contribution in [3.63, 3.8) is 0 Å². The van der Waals surface area contributed by atoms with Crippen LogP contribution in [0.5, 0.6) is 0 Å². The van der Waals surface area contributed by atoms with Gasteiger partial charge in [-0.25, -0.2) is 0 Å². The summed E-state index contributed by atoms with van der Waals surface area (Å²) in [5, 5.41) is 8.83. The lowest BCUT2D eigenvalue weighted by Gasteiger charge is -2.16. The number of hydrogen-bond acceptors (Lipinski definition) is 4. The highest BCUT2D eigenvalue weighted by Crippen LogP contribution is 2.56. The summed E-state index contributed by atoms with van der Waals surface area (Å²) in [7, 11) is -3.34. The molecule has 0 atom stereocenters. The Morgan fingerprint density at radius 2 is 1.92 bits per heavy atom. The Hall–Kier alpha value is -0.570. The van der Waals surface area contributed by atoms with E-state index in [1.165, 1.54) is 6.08 Å². The van der Waals surface area contributed by atoms with Crippen LogP contribution >= 0.6 is 7.60 Å². The summed E-state index contributed by atoms with van der Waals surface area (Å²) in [5.74, 6) is 0. The van der Waals surface area contributed by atoms with Crippen molar-refractivity contribution >= 4 is 7.60 Å². The molecule has 0 aromatic carbocycles. The van der Waals surface area contributed by atoms with Gasteiger partial charge in [0.2, 0.25) is 0 Å². The van der Waals surface area contributed by atoms with E-state index in [-0.39, 0.29) is 18.5 Å². The molecule has 0 aromatic rings. The molecule has 0 spiro atoms. The van der Waals surface area contributed by atoms with Crippen LogP contribution in [0.2, 0.25) is 0 Å². The molecule has 1 N–H and O–H groups in total. The summed E-state index contributed by atoms with van der Waals surface area (Å²) >= 11 is 0. The summed E-state index contributed by atoms with van der Waals surface area (Å²) in [6.45, 7) is 7.30. The van der Waals surface area contributed by atoms with E-state index in [9.17, 15) is 4.57 Å². The standard InChI is InChI=1S/C8H15O4P/c1-4-8(7-9)13(10,11-5-2)12-6-3/h4,7,9H,1,5-6H2,2-3H3/b8-7+. The third-order valence-electron chi connectivity index (χ3n) is 1.26. The molecule has 0 saturated heterocycles. The van der Waals surface area contributed by atoms with Crippen LogP contribution in [0.15, 0.2) is 24.2 Å². The zero-order valence-corrected chi connectivity index (χ0v) is 8.79. The number of aliphatic hydroxyl groups is 1. The molecular weight excluding hydrogens is 191 g/mol. The monoisotopic (exact) mass is 206 g/mol. The molecule has 5 heteroatoms. The Labute approximate surface area is 78.4 Å². The Bertz CT molecular complexity index is 224. The third-order valence-corrected chi connectivity index (χ3v) is 3.38. The highest BCUT2D eigenvalue weighted by Gasteiger charge is 2.27. The molecule has 4 nitrogen and oxygen atoms in total. The van der Waals surface area contributed by atoms with Gasteiger partial charge in [0.1, 0.15) is 0 Å². The summed E-state index contributed by atoms with van der Waals surface area (Å²) < 4.78 is 21.7. The van der Waals surface area contributed by atoms with Crippen molar-refractivity contribution in [2.45, 2.75) is 13.8 Å². The van der Waals surface area contributed by atoms with Crippen molar-refractivity contribution in [2.75, 3.05) is 13.2 Å². The van der Waals surface area contributed by atoms with E-state index in [1.54, 1.807) is 13.8 Å². The van der Waals surface area contributed by atoms with Gasteiger partial charge in [-0.3, -0.25) is 4.57 Å². The SMILES string of the molecule is C=C/C(=C\O)P(=O)(OCC)OCC. The summed E-state index contributed by atoms with van der Waals surface area (Å²) in [6.07, 6.45) is 1.95. The topological polar surface area (TPSA) is 55.8 Å². The molecule has 0 bridgehead atoms. The molecule has 0 heterocycles. The second-order valence-electron chi connectivity index (χ2n) is 2.09. The van der Waals surface area contributed by atoms with Gasteiger partial charge in [0, 0.05) is 0 Å². The van der Waals surface area contributed by atoms with Crippen LogP contribution in [0.4, 0.5) is 0 Å². The van der Waals surface area contributed by atoms with Gasteiger partial charge in [-0.2, -0.15) is 0 Å². The molecule has 0 aliphatic carbocycles. The van der Waals surface area contributed by atoms with Crippen molar-refractivity contribution < 1.29 is 18.7 Å². The minimum absolute atomic E-state index is 0.0798. The number of allylic oxidation sites excluding steroid dienone is 2. The number of hydrogen-bond donors (Lipinski definition) is 1. The van der Waals surface area contributed by atoms with Crippen molar-refractivity contribution in [3.05, 3.63) is 24.2 Å². The lowest BCUT2D eigenvalue weighted by atomic mass is 10.6. The zero-order valence-electron chi connectivity index (χ0n) is 7.90. The lowest BCUT2D eigenvalue weighted by molar-refractivity contribution is 0.226. The second kappa shape index (κ2) is 5.97. The fraction of sp³-hybridized carbons (Fsp3) is 0.500. The first kappa shape index (κ1) is 12.4. The molecule has 0 amide bonds. The zero-order chi connectivity index (χ0) is 10.3. The molecule has 13 heavy (non-hydrogen) atoms. The summed E-state index contributed by atoms with van der Waals surface area (Å²) in [6, 6.07) is 0. The molecule has 0 aliphatic rings. The van der Waals surface area contributed by atoms with Gasteiger partial charge in [0.25, 0.3) is 0 Å². The van der Waals surface area contributed by atoms with Crippen molar-refractivity contribution in [1.29, 1.82) is 0 Å². The van der Waals surface area contributed by atoms with Crippen molar-refractivity contribution in [2.24, 2.45) is 0 Å². The van der Waals surface area contributed by atoms with E-state index in [2.05, 4.69) is 6.58 Å². The maximum atomic E-state index is 11.8. The average molecular weight is 206 g/mol. The largest absolute Gasteiger partial charge is 0.515 e. The van der Waals surface area contributed by atoms with Gasteiger partial charge in [-0.05, 0) is 13.8 Å². The Kier molecular flexibility index (Phi) is 5.71. The first-order chi connectivity index (χ1) is 6.14. The lowest BCUT2D eigenvalue weighted by Crippen LogP contribution is -1.97. The first-order valence-electron chi connectivity index (χ1n) is 4.01. The maximum Gasteiger partial charge on any atom is 0.364 e. The van der Waals surface area contributed by atoms with Crippen molar-refractivity contribution in [3.8, 4) is 0 Å². The van der Waals surface area contributed by atoms with Crippen LogP contribution < -0.4 is 0 Å². The van der Waals surface area contributed by atoms with Gasteiger partial charge in [0.05, 0.1) is 24.8 Å². The van der Waals surface area contributed by atoms with Crippen molar-refractivity contribution in [1.82, 2.24) is 0 Å². The predicted molar refractivity (Wildman–Crippen MR) is 51.8 cm³/mol.